The van der Waals surface area contributed by atoms with E-state index in [-0.39, 0.29) is 18.1 Å². The Morgan fingerprint density at radius 2 is 1.86 bits per heavy atom. The van der Waals surface area contributed by atoms with Gasteiger partial charge in [-0.3, -0.25) is 4.79 Å². The Balaban J connectivity index is 1.96. The van der Waals surface area contributed by atoms with E-state index >= 15 is 0 Å². The van der Waals surface area contributed by atoms with E-state index in [2.05, 4.69) is 5.32 Å². The van der Waals surface area contributed by atoms with Crippen molar-refractivity contribution in [2.24, 2.45) is 0 Å². The Hall–Kier alpha value is -2.47. The number of thioether (sulfide) groups is 1. The summed E-state index contributed by atoms with van der Waals surface area (Å²) >= 11 is 0.652. The first-order chi connectivity index (χ1) is 10.5. The lowest BCUT2D eigenvalue weighted by atomic mass is 10.1. The third-order valence-corrected chi connectivity index (χ3v) is 3.66. The van der Waals surface area contributed by atoms with Gasteiger partial charge < -0.3 is 15.5 Å². The van der Waals surface area contributed by atoms with Crippen LogP contribution in [0.4, 0.5) is 10.5 Å². The molecule has 3 N–H and O–H groups in total. The first-order valence-electron chi connectivity index (χ1n) is 6.62. The number of carbonyl (C=O) groups is 2. The van der Waals surface area contributed by atoms with Crippen LogP contribution in [0.3, 0.4) is 0 Å². The van der Waals surface area contributed by atoms with Gasteiger partial charge in [-0.1, -0.05) is 24.3 Å². The number of amides is 1. The molecule has 0 unspecified atom stereocenters. The van der Waals surface area contributed by atoms with Gasteiger partial charge in [-0.2, -0.15) is 0 Å². The molecule has 0 heterocycles. The molecule has 5 nitrogen and oxygen atoms in total. The zero-order chi connectivity index (χ0) is 15.9. The summed E-state index contributed by atoms with van der Waals surface area (Å²) in [5, 5.41) is 19.9. The molecule has 22 heavy (non-hydrogen) atoms. The first-order valence-corrected chi connectivity index (χ1v) is 7.44. The molecule has 0 aliphatic carbocycles. The van der Waals surface area contributed by atoms with Crippen LogP contribution in [0.5, 0.6) is 5.75 Å². The van der Waals surface area contributed by atoms with Crippen molar-refractivity contribution in [1.82, 2.24) is 0 Å². The molecule has 6 heteroatoms. The zero-order valence-electron chi connectivity index (χ0n) is 11.7. The second-order valence-corrected chi connectivity index (χ2v) is 5.58. The third-order valence-electron chi connectivity index (χ3n) is 2.91. The van der Waals surface area contributed by atoms with E-state index in [0.29, 0.717) is 28.8 Å². The average molecular weight is 317 g/mol. The van der Waals surface area contributed by atoms with Gasteiger partial charge in [-0.25, -0.2) is 4.79 Å². The van der Waals surface area contributed by atoms with Crippen LogP contribution < -0.4 is 5.32 Å². The van der Waals surface area contributed by atoms with Crippen LogP contribution in [0.1, 0.15) is 12.0 Å². The number of carbonyl (C=O) groups excluding carboxylic acids is 1. The van der Waals surface area contributed by atoms with Crippen molar-refractivity contribution in [2.45, 2.75) is 17.7 Å². The zero-order valence-corrected chi connectivity index (χ0v) is 12.5. The molecule has 0 radical (unpaired) electrons. The number of carboxylic acid groups (broad SMARTS) is 1. The van der Waals surface area contributed by atoms with Gasteiger partial charge in [-0.15, -0.1) is 0 Å². The van der Waals surface area contributed by atoms with Crippen molar-refractivity contribution < 1.29 is 19.8 Å². The maximum Gasteiger partial charge on any atom is 0.369 e. The third kappa shape index (κ3) is 4.82. The van der Waals surface area contributed by atoms with Gasteiger partial charge in [0.15, 0.2) is 0 Å². The summed E-state index contributed by atoms with van der Waals surface area (Å²) in [6, 6.07) is 13.5. The summed E-state index contributed by atoms with van der Waals surface area (Å²) in [5.74, 6) is -0.0390. The molecular formula is C16H15NO4S. The number of hydrogen-bond acceptors (Lipinski definition) is 4. The van der Waals surface area contributed by atoms with Gasteiger partial charge in [0.2, 0.25) is 5.91 Å². The second-order valence-electron chi connectivity index (χ2n) is 4.58. The monoisotopic (exact) mass is 317 g/mol. The number of benzene rings is 2. The van der Waals surface area contributed by atoms with Gasteiger partial charge >= 0.3 is 5.30 Å². The second kappa shape index (κ2) is 7.51. The predicted octanol–water partition coefficient (Wildman–Crippen LogP) is 3.73. The standard InChI is InChI=1S/C16H15NO4S/c18-12-5-3-4-11(10-12)8-9-15(19)17-13-6-1-2-7-14(13)22-16(20)21/h1-7,10,18H,8-9H2,(H,17,19)(H,20,21). The molecule has 2 aromatic carbocycles. The van der Waals surface area contributed by atoms with Crippen LogP contribution in [0.2, 0.25) is 0 Å². The van der Waals surface area contributed by atoms with Crippen molar-refractivity contribution >= 4 is 28.7 Å². The fourth-order valence-electron chi connectivity index (χ4n) is 1.94. The molecule has 0 aliphatic heterocycles. The van der Waals surface area contributed by atoms with E-state index in [9.17, 15) is 14.7 Å². The Morgan fingerprint density at radius 3 is 2.59 bits per heavy atom. The number of phenols is 1. The number of aromatic hydroxyl groups is 1. The highest BCUT2D eigenvalue weighted by Crippen LogP contribution is 2.27. The highest BCUT2D eigenvalue weighted by atomic mass is 32.2. The van der Waals surface area contributed by atoms with Crippen molar-refractivity contribution in [3.05, 3.63) is 54.1 Å². The summed E-state index contributed by atoms with van der Waals surface area (Å²) in [5.41, 5.74) is 1.35. The fourth-order valence-corrected chi connectivity index (χ4v) is 2.50. The molecule has 1 amide bonds. The van der Waals surface area contributed by atoms with Crippen LogP contribution in [-0.4, -0.2) is 21.4 Å². The fraction of sp³-hybridized carbons (Fsp3) is 0.125. The minimum Gasteiger partial charge on any atom is -0.508 e. The highest BCUT2D eigenvalue weighted by Gasteiger charge is 2.10. The molecule has 0 aromatic heterocycles. The van der Waals surface area contributed by atoms with Crippen LogP contribution in [0.25, 0.3) is 0 Å². The predicted molar refractivity (Wildman–Crippen MR) is 85.4 cm³/mol. The number of rotatable bonds is 5. The highest BCUT2D eigenvalue weighted by molar-refractivity contribution is 8.13. The number of aryl methyl sites for hydroxylation is 1. The molecule has 0 saturated heterocycles. The molecule has 0 saturated carbocycles. The van der Waals surface area contributed by atoms with Crippen LogP contribution in [0, 0.1) is 0 Å². The summed E-state index contributed by atoms with van der Waals surface area (Å²) in [7, 11) is 0. The van der Waals surface area contributed by atoms with Crippen molar-refractivity contribution in [1.29, 1.82) is 0 Å². The van der Waals surface area contributed by atoms with Crippen LogP contribution in [0.15, 0.2) is 53.4 Å². The molecular weight excluding hydrogens is 302 g/mol. The first kappa shape index (κ1) is 15.9. The Bertz CT molecular complexity index is 687. The van der Waals surface area contributed by atoms with E-state index < -0.39 is 5.30 Å². The summed E-state index contributed by atoms with van der Waals surface area (Å²) in [4.78, 5) is 23.2. The summed E-state index contributed by atoms with van der Waals surface area (Å²) < 4.78 is 0. The van der Waals surface area contributed by atoms with E-state index in [1.165, 1.54) is 0 Å². The number of anilines is 1. The minimum absolute atomic E-state index is 0.168. The Kier molecular flexibility index (Phi) is 5.43. The topological polar surface area (TPSA) is 86.6 Å². The largest absolute Gasteiger partial charge is 0.508 e. The lowest BCUT2D eigenvalue weighted by Gasteiger charge is -2.09. The Morgan fingerprint density at radius 1 is 1.09 bits per heavy atom. The lowest BCUT2D eigenvalue weighted by Crippen LogP contribution is -2.13. The quantitative estimate of drug-likeness (QED) is 0.731. The van der Waals surface area contributed by atoms with Gasteiger partial charge in [-0.05, 0) is 48.0 Å². The maximum absolute atomic E-state index is 12.0. The van der Waals surface area contributed by atoms with Gasteiger partial charge in [0.25, 0.3) is 0 Å². The molecule has 2 rings (SSSR count). The number of para-hydroxylation sites is 1. The van der Waals surface area contributed by atoms with Crippen LogP contribution >= 0.6 is 11.8 Å². The number of nitrogens with one attached hydrogen (secondary N) is 1. The number of phenolic OH excluding ortho intramolecular Hbond substituents is 1. The molecule has 0 spiro atoms. The van der Waals surface area contributed by atoms with E-state index in [4.69, 9.17) is 5.11 Å². The van der Waals surface area contributed by atoms with Gasteiger partial charge in [0, 0.05) is 11.3 Å². The van der Waals surface area contributed by atoms with Crippen LogP contribution in [-0.2, 0) is 11.2 Å². The number of hydrogen-bond donors (Lipinski definition) is 3. The van der Waals surface area contributed by atoms with Gasteiger partial charge in [0.1, 0.15) is 5.75 Å². The molecule has 114 valence electrons. The smallest absolute Gasteiger partial charge is 0.369 e. The van der Waals surface area contributed by atoms with E-state index in [0.717, 1.165) is 5.56 Å². The van der Waals surface area contributed by atoms with E-state index in [1.54, 1.807) is 42.5 Å². The molecule has 2 aromatic rings. The SMILES string of the molecule is O=C(CCc1cccc(O)c1)Nc1ccccc1SC(=O)O. The lowest BCUT2D eigenvalue weighted by molar-refractivity contribution is -0.116. The average Bonchev–Trinajstić information content (AvgIpc) is 2.47. The van der Waals surface area contributed by atoms with Gasteiger partial charge in [0.05, 0.1) is 5.69 Å². The molecule has 0 fully saturated rings. The maximum atomic E-state index is 12.0. The minimum atomic E-state index is -1.03. The molecule has 0 aliphatic rings. The molecule has 0 bridgehead atoms. The van der Waals surface area contributed by atoms with E-state index in [1.807, 2.05) is 6.07 Å². The van der Waals surface area contributed by atoms with Crippen molar-refractivity contribution in [3.63, 3.8) is 0 Å². The summed E-state index contributed by atoms with van der Waals surface area (Å²) in [6.45, 7) is 0. The Labute approximate surface area is 132 Å². The normalized spacial score (nSPS) is 10.2. The molecule has 0 atom stereocenters. The summed E-state index contributed by atoms with van der Waals surface area (Å²) in [6.07, 6.45) is 0.740. The van der Waals surface area contributed by atoms with Crippen molar-refractivity contribution in [2.75, 3.05) is 5.32 Å². The van der Waals surface area contributed by atoms with Crippen molar-refractivity contribution in [3.8, 4) is 5.75 Å².